The first-order valence-corrected chi connectivity index (χ1v) is 6.95. The van der Waals surface area contributed by atoms with Gasteiger partial charge in [-0.25, -0.2) is 0 Å². The van der Waals surface area contributed by atoms with Gasteiger partial charge in [-0.2, -0.15) is 0 Å². The molecule has 3 rings (SSSR count). The molecule has 2 aromatic carbocycles. The molecule has 3 heteroatoms. The van der Waals surface area contributed by atoms with Crippen molar-refractivity contribution in [2.75, 3.05) is 0 Å². The van der Waals surface area contributed by atoms with E-state index in [0.29, 0.717) is 11.6 Å². The summed E-state index contributed by atoms with van der Waals surface area (Å²) < 4.78 is 8.01. The van der Waals surface area contributed by atoms with E-state index in [1.165, 1.54) is 16.5 Å². The highest BCUT2D eigenvalue weighted by Crippen LogP contribution is 2.24. The van der Waals surface area contributed by atoms with Crippen molar-refractivity contribution >= 4 is 22.5 Å². The molecule has 2 nitrogen and oxygen atoms in total. The minimum absolute atomic E-state index is 0.533. The van der Waals surface area contributed by atoms with E-state index in [4.69, 9.17) is 16.3 Å². The van der Waals surface area contributed by atoms with Gasteiger partial charge in [0.15, 0.2) is 0 Å². The van der Waals surface area contributed by atoms with Crippen molar-refractivity contribution in [1.29, 1.82) is 0 Å². The molecule has 0 aliphatic carbocycles. The number of nitrogens with zero attached hydrogens (tertiary/aromatic N) is 1. The molecule has 0 spiro atoms. The van der Waals surface area contributed by atoms with Gasteiger partial charge in [0.25, 0.3) is 0 Å². The first-order chi connectivity index (χ1) is 9.65. The maximum Gasteiger partial charge on any atom is 0.128 e. The van der Waals surface area contributed by atoms with Gasteiger partial charge in [0.05, 0.1) is 11.2 Å². The van der Waals surface area contributed by atoms with Crippen LogP contribution in [-0.4, -0.2) is 4.57 Å². The normalized spacial score (nSPS) is 10.9. The molecule has 0 saturated heterocycles. The molecule has 0 N–H and O–H groups in total. The number of para-hydroxylation sites is 1. The molecule has 1 heterocycles. The van der Waals surface area contributed by atoms with Crippen LogP contribution in [0.25, 0.3) is 10.9 Å². The maximum absolute atomic E-state index is 5.96. The van der Waals surface area contributed by atoms with Gasteiger partial charge in [0, 0.05) is 17.5 Å². The molecular formula is C17H16ClNO. The van der Waals surface area contributed by atoms with Crippen LogP contribution in [0.5, 0.6) is 5.75 Å². The van der Waals surface area contributed by atoms with Gasteiger partial charge in [-0.05, 0) is 36.8 Å². The van der Waals surface area contributed by atoms with Crippen LogP contribution in [0.3, 0.4) is 0 Å². The van der Waals surface area contributed by atoms with Crippen LogP contribution in [0, 0.1) is 6.92 Å². The summed E-state index contributed by atoms with van der Waals surface area (Å²) in [5, 5.41) is 1.94. The number of ether oxygens (including phenoxy) is 1. The van der Waals surface area contributed by atoms with Crippen LogP contribution in [0.1, 0.15) is 11.3 Å². The van der Waals surface area contributed by atoms with E-state index in [0.717, 1.165) is 11.4 Å². The Balaban J connectivity index is 1.88. The van der Waals surface area contributed by atoms with Crippen LogP contribution in [0.2, 0.25) is 5.02 Å². The fourth-order valence-corrected chi connectivity index (χ4v) is 2.71. The molecular weight excluding hydrogens is 270 g/mol. The van der Waals surface area contributed by atoms with Gasteiger partial charge in [-0.1, -0.05) is 35.9 Å². The van der Waals surface area contributed by atoms with Gasteiger partial charge < -0.3 is 9.30 Å². The topological polar surface area (TPSA) is 14.2 Å². The number of aromatic nitrogens is 1. The Labute approximate surface area is 123 Å². The van der Waals surface area contributed by atoms with Crippen LogP contribution in [0.4, 0.5) is 0 Å². The predicted molar refractivity (Wildman–Crippen MR) is 83.4 cm³/mol. The molecule has 102 valence electrons. The maximum atomic E-state index is 5.96. The summed E-state index contributed by atoms with van der Waals surface area (Å²) in [6, 6.07) is 16.0. The Hall–Kier alpha value is -1.93. The summed E-state index contributed by atoms with van der Waals surface area (Å²) in [6.45, 7) is 2.66. The van der Waals surface area contributed by atoms with Crippen molar-refractivity contribution in [2.24, 2.45) is 7.05 Å². The van der Waals surface area contributed by atoms with Crippen molar-refractivity contribution in [3.8, 4) is 5.75 Å². The molecule has 0 fully saturated rings. The molecule has 0 aliphatic heterocycles. The number of hydrogen-bond donors (Lipinski definition) is 0. The SMILES string of the molecule is Cc1cccc2cc(COc3cccc(Cl)c3)n(C)c12. The highest BCUT2D eigenvalue weighted by atomic mass is 35.5. The molecule has 0 radical (unpaired) electrons. The lowest BCUT2D eigenvalue weighted by molar-refractivity contribution is 0.298. The van der Waals surface area contributed by atoms with Crippen LogP contribution < -0.4 is 4.74 Å². The van der Waals surface area contributed by atoms with Crippen LogP contribution in [0.15, 0.2) is 48.5 Å². The summed E-state index contributed by atoms with van der Waals surface area (Å²) in [6.07, 6.45) is 0. The number of rotatable bonds is 3. The molecule has 3 aromatic rings. The highest BCUT2D eigenvalue weighted by molar-refractivity contribution is 6.30. The average molecular weight is 286 g/mol. The van der Waals surface area contributed by atoms with Gasteiger partial charge >= 0.3 is 0 Å². The monoisotopic (exact) mass is 285 g/mol. The second-order valence-corrected chi connectivity index (χ2v) is 5.39. The van der Waals surface area contributed by atoms with Crippen molar-refractivity contribution in [2.45, 2.75) is 13.5 Å². The zero-order valence-electron chi connectivity index (χ0n) is 11.6. The smallest absolute Gasteiger partial charge is 0.128 e. The molecule has 0 unspecified atom stereocenters. The Kier molecular flexibility index (Phi) is 3.41. The molecule has 0 bridgehead atoms. The zero-order valence-corrected chi connectivity index (χ0v) is 12.3. The molecule has 0 saturated carbocycles. The van der Waals surface area contributed by atoms with Crippen LogP contribution >= 0.6 is 11.6 Å². The van der Waals surface area contributed by atoms with Crippen molar-refractivity contribution in [3.05, 3.63) is 64.8 Å². The lowest BCUT2D eigenvalue weighted by atomic mass is 10.2. The van der Waals surface area contributed by atoms with E-state index >= 15 is 0 Å². The van der Waals surface area contributed by atoms with E-state index in [2.05, 4.69) is 42.8 Å². The quantitative estimate of drug-likeness (QED) is 0.679. The van der Waals surface area contributed by atoms with E-state index in [9.17, 15) is 0 Å². The Morgan fingerprint density at radius 3 is 2.65 bits per heavy atom. The molecule has 1 aromatic heterocycles. The first-order valence-electron chi connectivity index (χ1n) is 6.57. The van der Waals surface area contributed by atoms with Gasteiger partial charge in [0.2, 0.25) is 0 Å². The van der Waals surface area contributed by atoms with Crippen molar-refractivity contribution in [3.63, 3.8) is 0 Å². The van der Waals surface area contributed by atoms with Gasteiger partial charge in [-0.3, -0.25) is 0 Å². The summed E-state index contributed by atoms with van der Waals surface area (Å²) in [5.74, 6) is 0.791. The lowest BCUT2D eigenvalue weighted by Crippen LogP contribution is -2.02. The van der Waals surface area contributed by atoms with Crippen molar-refractivity contribution < 1.29 is 4.74 Å². The van der Waals surface area contributed by atoms with E-state index in [1.54, 1.807) is 0 Å². The first kappa shape index (κ1) is 13.1. The summed E-state index contributed by atoms with van der Waals surface area (Å²) >= 11 is 5.96. The third kappa shape index (κ3) is 2.39. The van der Waals surface area contributed by atoms with Gasteiger partial charge in [0.1, 0.15) is 12.4 Å². The molecule has 20 heavy (non-hydrogen) atoms. The Morgan fingerprint density at radius 2 is 1.90 bits per heavy atom. The van der Waals surface area contributed by atoms with E-state index in [1.807, 2.05) is 24.3 Å². The minimum Gasteiger partial charge on any atom is -0.487 e. The summed E-state index contributed by atoms with van der Waals surface area (Å²) in [7, 11) is 2.08. The number of fused-ring (bicyclic) bond motifs is 1. The average Bonchev–Trinajstić information content (AvgIpc) is 2.75. The van der Waals surface area contributed by atoms with Crippen molar-refractivity contribution in [1.82, 2.24) is 4.57 Å². The second-order valence-electron chi connectivity index (χ2n) is 4.95. The highest BCUT2D eigenvalue weighted by Gasteiger charge is 2.08. The zero-order chi connectivity index (χ0) is 14.1. The Morgan fingerprint density at radius 1 is 1.10 bits per heavy atom. The standard InChI is InChI=1S/C17H16ClNO/c1-12-5-3-6-13-9-15(19(2)17(12)13)11-20-16-8-4-7-14(18)10-16/h3-10H,11H2,1-2H3. The predicted octanol–water partition coefficient (Wildman–Crippen LogP) is 4.72. The minimum atomic E-state index is 0.533. The number of benzene rings is 2. The number of aryl methyl sites for hydroxylation is 2. The summed E-state index contributed by atoms with van der Waals surface area (Å²) in [5.41, 5.74) is 3.69. The van der Waals surface area contributed by atoms with Crippen LogP contribution in [-0.2, 0) is 13.7 Å². The number of hydrogen-bond acceptors (Lipinski definition) is 1. The van der Waals surface area contributed by atoms with E-state index < -0.39 is 0 Å². The fraction of sp³-hybridized carbons (Fsp3) is 0.176. The fourth-order valence-electron chi connectivity index (χ4n) is 2.53. The lowest BCUT2D eigenvalue weighted by Gasteiger charge is -2.08. The van der Waals surface area contributed by atoms with Gasteiger partial charge in [-0.15, -0.1) is 0 Å². The molecule has 0 aliphatic rings. The molecule has 0 atom stereocenters. The molecule has 0 amide bonds. The Bertz CT molecular complexity index is 761. The third-order valence-corrected chi connectivity index (χ3v) is 3.78. The number of halogens is 1. The third-order valence-electron chi connectivity index (χ3n) is 3.54. The largest absolute Gasteiger partial charge is 0.487 e. The second kappa shape index (κ2) is 5.22. The van der Waals surface area contributed by atoms with E-state index in [-0.39, 0.29) is 0 Å². The summed E-state index contributed by atoms with van der Waals surface area (Å²) in [4.78, 5) is 0.